The zero-order chi connectivity index (χ0) is 52.1. The van der Waals surface area contributed by atoms with Gasteiger partial charge in [0.25, 0.3) is 5.91 Å². The molecule has 6 rings (SSSR count). The van der Waals surface area contributed by atoms with E-state index in [0.29, 0.717) is 84.0 Å². The number of carbonyl (C=O) groups excluding carboxylic acids is 7. The minimum Gasteiger partial charge on any atom is -0.508 e. The summed E-state index contributed by atoms with van der Waals surface area (Å²) in [6.45, 7) is 7.05. The number of ether oxygens (including phenoxy) is 1. The SMILES string of the molecule is CC(=O)NCCCC[C@H](NC(=O)CNC(=O)[C@H](CC(C)C)NC(=O)CCCCCNC(=O)c1ccc(C2=C3CCC(=O)C=C3Oc3cc(O)ccc32)c(C(=O)O)c1)C(=O)Nc1ccc2c(C)cc(=O)oc2c1. The van der Waals surface area contributed by atoms with Gasteiger partial charge >= 0.3 is 11.6 Å². The second kappa shape index (κ2) is 24.6. The van der Waals surface area contributed by atoms with Gasteiger partial charge in [0.2, 0.25) is 29.5 Å². The van der Waals surface area contributed by atoms with Gasteiger partial charge in [-0.2, -0.15) is 0 Å². The molecule has 0 bridgehead atoms. The Morgan fingerprint density at radius 2 is 1.49 bits per heavy atom. The number of allylic oxidation sites excluding steroid dienone is 2. The van der Waals surface area contributed by atoms with Gasteiger partial charge < -0.3 is 51.3 Å². The molecule has 0 fully saturated rings. The minimum atomic E-state index is -1.27. The van der Waals surface area contributed by atoms with Gasteiger partial charge in [-0.25, -0.2) is 9.59 Å². The second-order valence-electron chi connectivity index (χ2n) is 18.3. The van der Waals surface area contributed by atoms with E-state index in [9.17, 15) is 53.4 Å². The molecule has 6 amide bonds. The van der Waals surface area contributed by atoms with E-state index in [2.05, 4.69) is 31.9 Å². The van der Waals surface area contributed by atoms with Crippen molar-refractivity contribution < 1.29 is 57.7 Å². The summed E-state index contributed by atoms with van der Waals surface area (Å²) in [6.07, 6.45) is 4.92. The average Bonchev–Trinajstić information content (AvgIpc) is 3.32. The van der Waals surface area contributed by atoms with E-state index in [1.54, 1.807) is 31.2 Å². The van der Waals surface area contributed by atoms with Crippen LogP contribution in [-0.2, 0) is 28.8 Å². The molecule has 380 valence electrons. The van der Waals surface area contributed by atoms with Crippen LogP contribution in [0.5, 0.6) is 11.5 Å². The van der Waals surface area contributed by atoms with Crippen molar-refractivity contribution >= 4 is 69.4 Å². The Kier molecular flexibility index (Phi) is 18.2. The summed E-state index contributed by atoms with van der Waals surface area (Å²) in [4.78, 5) is 114. The summed E-state index contributed by atoms with van der Waals surface area (Å²) in [6, 6.07) is 13.1. The Labute approximate surface area is 415 Å². The number of unbranched alkanes of at least 4 members (excludes halogenated alkanes) is 3. The van der Waals surface area contributed by atoms with Crippen LogP contribution in [0.3, 0.4) is 0 Å². The number of hydrogen-bond donors (Lipinski definition) is 8. The monoisotopic (exact) mass is 988 g/mol. The van der Waals surface area contributed by atoms with Crippen molar-refractivity contribution in [1.29, 1.82) is 0 Å². The molecule has 1 aliphatic carbocycles. The summed E-state index contributed by atoms with van der Waals surface area (Å²) < 4.78 is 11.2. The molecule has 2 atom stereocenters. The Morgan fingerprint density at radius 1 is 0.750 bits per heavy atom. The molecule has 0 unspecified atom stereocenters. The highest BCUT2D eigenvalue weighted by atomic mass is 16.5. The number of fused-ring (bicyclic) bond motifs is 3. The zero-order valence-electron chi connectivity index (χ0n) is 40.7. The molecular weight excluding hydrogens is 929 g/mol. The molecule has 8 N–H and O–H groups in total. The smallest absolute Gasteiger partial charge is 0.336 e. The van der Waals surface area contributed by atoms with Crippen LogP contribution >= 0.6 is 0 Å². The van der Waals surface area contributed by atoms with E-state index in [0.717, 1.165) is 0 Å². The highest BCUT2D eigenvalue weighted by Crippen LogP contribution is 2.46. The first-order valence-corrected chi connectivity index (χ1v) is 24.0. The number of nitrogens with one attached hydrogen (secondary N) is 6. The summed E-state index contributed by atoms with van der Waals surface area (Å²) >= 11 is 0. The fourth-order valence-electron chi connectivity index (χ4n) is 8.52. The highest BCUT2D eigenvalue weighted by Gasteiger charge is 2.32. The van der Waals surface area contributed by atoms with Crippen LogP contribution in [0.2, 0.25) is 0 Å². The lowest BCUT2D eigenvalue weighted by Crippen LogP contribution is -2.51. The highest BCUT2D eigenvalue weighted by molar-refractivity contribution is 6.05. The Hall–Kier alpha value is -8.09. The first-order valence-electron chi connectivity index (χ1n) is 24.0. The maximum Gasteiger partial charge on any atom is 0.336 e. The van der Waals surface area contributed by atoms with Crippen LogP contribution in [0, 0.1) is 12.8 Å². The van der Waals surface area contributed by atoms with Crippen molar-refractivity contribution in [2.24, 2.45) is 5.92 Å². The molecule has 72 heavy (non-hydrogen) atoms. The summed E-state index contributed by atoms with van der Waals surface area (Å²) in [5.74, 6) is -3.79. The van der Waals surface area contributed by atoms with E-state index < -0.39 is 53.9 Å². The number of phenolic OH excluding ortho intramolecular Hbond substituents is 1. The maximum absolute atomic E-state index is 13.5. The molecule has 19 heteroatoms. The number of benzene rings is 3. The Balaban J connectivity index is 0.975. The van der Waals surface area contributed by atoms with Gasteiger partial charge in [0.1, 0.15) is 34.9 Å². The molecule has 19 nitrogen and oxygen atoms in total. The predicted molar refractivity (Wildman–Crippen MR) is 266 cm³/mol. The summed E-state index contributed by atoms with van der Waals surface area (Å²) in [5, 5.41) is 37.4. The zero-order valence-corrected chi connectivity index (χ0v) is 40.7. The summed E-state index contributed by atoms with van der Waals surface area (Å²) in [7, 11) is 0. The van der Waals surface area contributed by atoms with Gasteiger partial charge in [-0.05, 0) is 105 Å². The topological polar surface area (TPSA) is 289 Å². The first-order chi connectivity index (χ1) is 34.4. The predicted octanol–water partition coefficient (Wildman–Crippen LogP) is 5.31. The van der Waals surface area contributed by atoms with Crippen LogP contribution in [-0.4, -0.2) is 89.1 Å². The molecule has 0 radical (unpaired) electrons. The Morgan fingerprint density at radius 3 is 2.24 bits per heavy atom. The van der Waals surface area contributed by atoms with Crippen LogP contribution in [0.4, 0.5) is 5.69 Å². The molecular formula is C53H60N6O13. The molecule has 1 aromatic heterocycles. The largest absolute Gasteiger partial charge is 0.508 e. The van der Waals surface area contributed by atoms with Crippen LogP contribution in [0.1, 0.15) is 122 Å². The number of carbonyl (C=O) groups is 8. The van der Waals surface area contributed by atoms with Crippen molar-refractivity contribution in [2.75, 3.05) is 25.0 Å². The van der Waals surface area contributed by atoms with E-state index in [1.807, 2.05) is 13.8 Å². The number of phenols is 1. The molecule has 0 spiro atoms. The first kappa shape index (κ1) is 53.3. The van der Waals surface area contributed by atoms with Gasteiger partial charge in [-0.3, -0.25) is 33.6 Å². The maximum atomic E-state index is 13.5. The number of carboxylic acid groups (broad SMARTS) is 1. The normalized spacial score (nSPS) is 13.7. The lowest BCUT2D eigenvalue weighted by atomic mass is 9.83. The van der Waals surface area contributed by atoms with Crippen molar-refractivity contribution in [3.8, 4) is 11.5 Å². The van der Waals surface area contributed by atoms with E-state index >= 15 is 0 Å². The average molecular weight is 989 g/mol. The molecule has 2 heterocycles. The molecule has 1 aliphatic heterocycles. The van der Waals surface area contributed by atoms with Gasteiger partial charge in [0.05, 0.1) is 12.1 Å². The van der Waals surface area contributed by atoms with Crippen LogP contribution < -0.4 is 42.3 Å². The van der Waals surface area contributed by atoms with Gasteiger partial charge in [-0.15, -0.1) is 0 Å². The van der Waals surface area contributed by atoms with E-state index in [1.165, 1.54) is 49.4 Å². The number of anilines is 1. The number of amides is 6. The molecule has 3 aromatic carbocycles. The number of hydrogen-bond acceptors (Lipinski definition) is 12. The number of aromatic carboxylic acids is 1. The van der Waals surface area contributed by atoms with Gasteiger partial charge in [0, 0.05) is 90.5 Å². The molecule has 0 saturated carbocycles. The quantitative estimate of drug-likeness (QED) is 0.0346. The van der Waals surface area contributed by atoms with Crippen molar-refractivity contribution in [2.45, 2.75) is 104 Å². The standard InChI is InChI=1S/C53H60N6O13/c1-29(2)22-42(51(67)56-28-47(64)58-41(10-7-9-20-54-31(4)60)52(68)57-33-13-17-36-30(3)23-48(65)72-43(36)25-33)59-46(63)11-6-5-8-21-55-50(66)32-12-16-37(40(24-32)53(69)70)49-38-18-14-34(61)26-44(38)71-45-27-35(62)15-19-39(45)49/h12-14,16-18,23-27,29,41-42,61H,5-11,15,19-22,28H2,1-4H3,(H,54,60)(H,55,66)(H,56,67)(H,57,68)(H,58,64)(H,59,63)(H,69,70)/t41-,42-/m0/s1. The minimum absolute atomic E-state index is 0.000592. The molecule has 0 saturated heterocycles. The molecule has 4 aromatic rings. The van der Waals surface area contributed by atoms with Gasteiger partial charge in [0.15, 0.2) is 5.78 Å². The number of carboxylic acids is 1. The van der Waals surface area contributed by atoms with E-state index in [-0.39, 0.29) is 89.7 Å². The Bertz CT molecular complexity index is 2900. The number of aromatic hydroxyl groups is 1. The fraction of sp³-hybridized carbons (Fsp3) is 0.377. The number of rotatable bonds is 23. The van der Waals surface area contributed by atoms with Crippen LogP contribution in [0.25, 0.3) is 16.5 Å². The number of aryl methyl sites for hydroxylation is 1. The van der Waals surface area contributed by atoms with Crippen LogP contribution in [0.15, 0.2) is 87.3 Å². The van der Waals surface area contributed by atoms with Gasteiger partial charge in [-0.1, -0.05) is 26.3 Å². The van der Waals surface area contributed by atoms with E-state index in [4.69, 9.17) is 9.15 Å². The molecule has 2 aliphatic rings. The lowest BCUT2D eigenvalue weighted by molar-refractivity contribution is -0.131. The van der Waals surface area contributed by atoms with Crippen molar-refractivity contribution in [3.05, 3.63) is 116 Å². The third kappa shape index (κ3) is 14.5. The fourth-order valence-corrected chi connectivity index (χ4v) is 8.52. The third-order valence-electron chi connectivity index (χ3n) is 12.1. The van der Waals surface area contributed by atoms with Crippen molar-refractivity contribution in [1.82, 2.24) is 26.6 Å². The lowest BCUT2D eigenvalue weighted by Gasteiger charge is -2.29. The third-order valence-corrected chi connectivity index (χ3v) is 12.1. The number of ketones is 1. The second-order valence-corrected chi connectivity index (χ2v) is 18.3. The van der Waals surface area contributed by atoms with Crippen molar-refractivity contribution in [3.63, 3.8) is 0 Å². The summed E-state index contributed by atoms with van der Waals surface area (Å²) in [5.41, 5.74) is 2.80.